The number of aromatic nitrogens is 4. The highest BCUT2D eigenvalue weighted by molar-refractivity contribution is 5.65. The third-order valence-electron chi connectivity index (χ3n) is 4.84. The lowest BCUT2D eigenvalue weighted by molar-refractivity contribution is 0.312. The second-order valence-electron chi connectivity index (χ2n) is 6.71. The number of likely N-dealkylation sites (N-methyl/N-ethyl adjacent to an activating group) is 1. The molecule has 0 aliphatic carbocycles. The quantitative estimate of drug-likeness (QED) is 0.780. The number of nitrogens with two attached hydrogens (primary N) is 1. The molecule has 4 rings (SSSR count). The Balaban J connectivity index is 1.78. The molecule has 0 radical (unpaired) electrons. The van der Waals surface area contributed by atoms with Gasteiger partial charge in [0.1, 0.15) is 0 Å². The molecule has 3 aromatic rings. The number of nitrogens with zero attached hydrogens (tertiary/aromatic N) is 5. The average molecular weight is 350 g/mol. The molecule has 1 aliphatic rings. The van der Waals surface area contributed by atoms with Gasteiger partial charge in [-0.1, -0.05) is 0 Å². The summed E-state index contributed by atoms with van der Waals surface area (Å²) >= 11 is 0. The van der Waals surface area contributed by atoms with Crippen molar-refractivity contribution in [1.82, 2.24) is 24.6 Å². The maximum absolute atomic E-state index is 6.03. The Hall–Kier alpha value is -2.93. The Kier molecular flexibility index (Phi) is 4.08. The van der Waals surface area contributed by atoms with Gasteiger partial charge in [0.15, 0.2) is 17.4 Å². The number of methoxy groups -OCH3 is 1. The Morgan fingerprint density at radius 1 is 1.23 bits per heavy atom. The zero-order chi connectivity index (χ0) is 18.3. The van der Waals surface area contributed by atoms with Crippen LogP contribution in [-0.4, -0.2) is 45.4 Å². The molecule has 0 amide bonds. The van der Waals surface area contributed by atoms with E-state index < -0.39 is 0 Å². The van der Waals surface area contributed by atoms with E-state index >= 15 is 0 Å². The Labute approximate surface area is 152 Å². The average Bonchev–Trinajstić information content (AvgIpc) is 3.10. The lowest BCUT2D eigenvalue weighted by atomic mass is 9.92. The van der Waals surface area contributed by atoms with Crippen LogP contribution in [0.1, 0.15) is 16.7 Å². The van der Waals surface area contributed by atoms with E-state index in [2.05, 4.69) is 41.1 Å². The van der Waals surface area contributed by atoms with Crippen molar-refractivity contribution in [2.24, 2.45) is 0 Å². The standard InChI is InChI=1S/C19H22N6O/c1-12-6-13(7-14-10-24(2)5-4-16(12)14)17-9-21-18(20)19(23-17)25-11-15(26-3)8-22-25/h6-9,11H,4-5,10H2,1-3H3,(H2,20,21). The number of nitrogen functional groups attached to an aromatic ring is 1. The van der Waals surface area contributed by atoms with Crippen LogP contribution in [0, 0.1) is 6.92 Å². The molecule has 26 heavy (non-hydrogen) atoms. The van der Waals surface area contributed by atoms with Gasteiger partial charge in [-0.3, -0.25) is 0 Å². The summed E-state index contributed by atoms with van der Waals surface area (Å²) in [6, 6.07) is 4.39. The molecule has 134 valence electrons. The fourth-order valence-electron chi connectivity index (χ4n) is 3.43. The number of hydrogen-bond donors (Lipinski definition) is 1. The molecule has 0 spiro atoms. The third-order valence-corrected chi connectivity index (χ3v) is 4.84. The Bertz CT molecular complexity index is 965. The van der Waals surface area contributed by atoms with Gasteiger partial charge in [0.2, 0.25) is 0 Å². The van der Waals surface area contributed by atoms with Crippen LogP contribution in [0.4, 0.5) is 5.82 Å². The first-order valence-corrected chi connectivity index (χ1v) is 8.58. The molecule has 0 saturated carbocycles. The zero-order valence-electron chi connectivity index (χ0n) is 15.2. The Morgan fingerprint density at radius 2 is 2.08 bits per heavy atom. The molecular weight excluding hydrogens is 328 g/mol. The van der Waals surface area contributed by atoms with E-state index in [9.17, 15) is 0 Å². The summed E-state index contributed by atoms with van der Waals surface area (Å²) in [4.78, 5) is 11.4. The summed E-state index contributed by atoms with van der Waals surface area (Å²) in [7, 11) is 3.75. The minimum atomic E-state index is 0.328. The second-order valence-corrected chi connectivity index (χ2v) is 6.71. The predicted octanol–water partition coefficient (Wildman–Crippen LogP) is 2.22. The molecule has 0 bridgehead atoms. The van der Waals surface area contributed by atoms with Crippen molar-refractivity contribution >= 4 is 5.82 Å². The third kappa shape index (κ3) is 2.90. The number of ether oxygens (including phenoxy) is 1. The molecule has 0 fully saturated rings. The number of anilines is 1. The van der Waals surface area contributed by atoms with Crippen molar-refractivity contribution in [2.45, 2.75) is 19.9 Å². The SMILES string of the molecule is COc1cnn(-c2nc(-c3cc(C)c4c(c3)CN(C)CC4)cnc2N)c1. The molecule has 2 aromatic heterocycles. The van der Waals surface area contributed by atoms with E-state index in [1.165, 1.54) is 16.7 Å². The van der Waals surface area contributed by atoms with Crippen molar-refractivity contribution in [3.63, 3.8) is 0 Å². The number of benzene rings is 1. The minimum Gasteiger partial charge on any atom is -0.493 e. The van der Waals surface area contributed by atoms with Gasteiger partial charge in [-0.2, -0.15) is 5.10 Å². The molecular formula is C19H22N6O. The van der Waals surface area contributed by atoms with E-state index in [1.54, 1.807) is 30.4 Å². The highest BCUT2D eigenvalue weighted by Gasteiger charge is 2.18. The van der Waals surface area contributed by atoms with Gasteiger partial charge < -0.3 is 15.4 Å². The fraction of sp³-hybridized carbons (Fsp3) is 0.316. The topological polar surface area (TPSA) is 82.1 Å². The van der Waals surface area contributed by atoms with Crippen molar-refractivity contribution in [1.29, 1.82) is 0 Å². The van der Waals surface area contributed by atoms with Crippen LogP contribution >= 0.6 is 0 Å². The molecule has 7 heteroatoms. The lowest BCUT2D eigenvalue weighted by Crippen LogP contribution is -2.27. The summed E-state index contributed by atoms with van der Waals surface area (Å²) in [6.45, 7) is 4.22. The van der Waals surface area contributed by atoms with E-state index in [0.717, 1.165) is 30.8 Å². The van der Waals surface area contributed by atoms with Gasteiger partial charge in [0.05, 0.1) is 31.4 Å². The van der Waals surface area contributed by atoms with E-state index in [4.69, 9.17) is 15.5 Å². The van der Waals surface area contributed by atoms with Crippen LogP contribution in [0.15, 0.2) is 30.7 Å². The van der Waals surface area contributed by atoms with Gasteiger partial charge in [0.25, 0.3) is 0 Å². The monoisotopic (exact) mass is 350 g/mol. The smallest absolute Gasteiger partial charge is 0.197 e. The second kappa shape index (κ2) is 6.42. The van der Waals surface area contributed by atoms with Crippen molar-refractivity contribution in [3.05, 3.63) is 47.4 Å². The maximum Gasteiger partial charge on any atom is 0.197 e. The normalized spacial score (nSPS) is 14.3. The predicted molar refractivity (Wildman–Crippen MR) is 100 cm³/mol. The van der Waals surface area contributed by atoms with Crippen LogP contribution in [0.5, 0.6) is 5.75 Å². The molecule has 0 unspecified atom stereocenters. The van der Waals surface area contributed by atoms with Crippen LogP contribution in [0.2, 0.25) is 0 Å². The largest absolute Gasteiger partial charge is 0.493 e. The summed E-state index contributed by atoms with van der Waals surface area (Å²) in [5.41, 5.74) is 12.0. The van der Waals surface area contributed by atoms with Crippen molar-refractivity contribution in [2.75, 3.05) is 26.4 Å². The van der Waals surface area contributed by atoms with Gasteiger partial charge in [-0.15, -0.1) is 0 Å². The van der Waals surface area contributed by atoms with Crippen molar-refractivity contribution in [3.8, 4) is 22.8 Å². The first-order valence-electron chi connectivity index (χ1n) is 8.58. The fourth-order valence-corrected chi connectivity index (χ4v) is 3.43. The van der Waals surface area contributed by atoms with E-state index in [-0.39, 0.29) is 0 Å². The van der Waals surface area contributed by atoms with Crippen molar-refractivity contribution < 1.29 is 4.74 Å². The number of aryl methyl sites for hydroxylation is 1. The maximum atomic E-state index is 6.03. The van der Waals surface area contributed by atoms with E-state index in [0.29, 0.717) is 17.4 Å². The molecule has 2 N–H and O–H groups in total. The first kappa shape index (κ1) is 16.5. The van der Waals surface area contributed by atoms with Crippen LogP contribution in [0.25, 0.3) is 17.1 Å². The number of hydrogen-bond acceptors (Lipinski definition) is 6. The van der Waals surface area contributed by atoms with Gasteiger partial charge >= 0.3 is 0 Å². The highest BCUT2D eigenvalue weighted by Crippen LogP contribution is 2.29. The molecule has 1 aromatic carbocycles. The highest BCUT2D eigenvalue weighted by atomic mass is 16.5. The molecule has 3 heterocycles. The zero-order valence-corrected chi connectivity index (χ0v) is 15.2. The molecule has 1 aliphatic heterocycles. The lowest BCUT2D eigenvalue weighted by Gasteiger charge is -2.27. The summed E-state index contributed by atoms with van der Waals surface area (Å²) in [5, 5.41) is 4.25. The molecule has 7 nitrogen and oxygen atoms in total. The van der Waals surface area contributed by atoms with Gasteiger partial charge in [0, 0.05) is 18.7 Å². The Morgan fingerprint density at radius 3 is 2.85 bits per heavy atom. The number of fused-ring (bicyclic) bond motifs is 1. The van der Waals surface area contributed by atoms with Crippen LogP contribution in [-0.2, 0) is 13.0 Å². The first-order chi connectivity index (χ1) is 12.5. The molecule has 0 saturated heterocycles. The number of rotatable bonds is 3. The van der Waals surface area contributed by atoms with Gasteiger partial charge in [-0.25, -0.2) is 14.6 Å². The summed E-state index contributed by atoms with van der Waals surface area (Å²) in [6.07, 6.45) is 6.15. The van der Waals surface area contributed by atoms with Gasteiger partial charge in [-0.05, 0) is 49.2 Å². The van der Waals surface area contributed by atoms with E-state index in [1.807, 2.05) is 0 Å². The minimum absolute atomic E-state index is 0.328. The van der Waals surface area contributed by atoms with Crippen LogP contribution < -0.4 is 10.5 Å². The van der Waals surface area contributed by atoms with Crippen LogP contribution in [0.3, 0.4) is 0 Å². The summed E-state index contributed by atoms with van der Waals surface area (Å²) in [5.74, 6) is 1.47. The molecule has 0 atom stereocenters. The summed E-state index contributed by atoms with van der Waals surface area (Å²) < 4.78 is 6.77.